The largest absolute Gasteiger partial charge is 0.469 e. The number of fused-ring (bicyclic) bond motifs is 1. The Balaban J connectivity index is 2.25. The summed E-state index contributed by atoms with van der Waals surface area (Å²) in [5.41, 5.74) is 0. The van der Waals surface area contributed by atoms with Gasteiger partial charge in [-0.25, -0.2) is 8.42 Å². The van der Waals surface area contributed by atoms with Gasteiger partial charge in [-0.15, -0.1) is 0 Å². The summed E-state index contributed by atoms with van der Waals surface area (Å²) >= 11 is 0. The van der Waals surface area contributed by atoms with Crippen LogP contribution in [-0.2, 0) is 18.6 Å². The van der Waals surface area contributed by atoms with Gasteiger partial charge in [-0.05, 0) is 24.7 Å². The molecule has 2 rings (SSSR count). The van der Waals surface area contributed by atoms with E-state index in [4.69, 9.17) is 10.7 Å². The number of hydrogen-bond acceptors (Lipinski definition) is 4. The number of carbonyl (C=O) groups excluding carboxylic acids is 1. The van der Waals surface area contributed by atoms with E-state index in [-0.39, 0.29) is 11.8 Å². The monoisotopic (exact) mass is 252 g/mol. The molecule has 0 aromatic rings. The molecular weight excluding hydrogens is 240 g/mol. The topological polar surface area (TPSA) is 60.4 Å². The van der Waals surface area contributed by atoms with Crippen molar-refractivity contribution in [2.75, 3.05) is 7.11 Å². The fourth-order valence-corrected chi connectivity index (χ4v) is 5.21. The average Bonchev–Trinajstić information content (AvgIpc) is 2.46. The summed E-state index contributed by atoms with van der Waals surface area (Å²) in [6.45, 7) is 0. The second-order valence-corrected chi connectivity index (χ2v) is 7.03. The summed E-state index contributed by atoms with van der Waals surface area (Å²) in [7, 11) is 2.99. The first kappa shape index (κ1) is 11.2. The van der Waals surface area contributed by atoms with Crippen molar-refractivity contribution >= 4 is 25.7 Å². The van der Waals surface area contributed by atoms with E-state index in [1.807, 2.05) is 0 Å². The third-order valence-electron chi connectivity index (χ3n) is 3.66. The first-order chi connectivity index (χ1) is 6.96. The smallest absolute Gasteiger partial charge is 0.310 e. The lowest BCUT2D eigenvalue weighted by Crippen LogP contribution is -2.55. The number of rotatable bonds is 2. The fraction of sp³-hybridized carbons (Fsp3) is 0.889. The molecule has 6 heteroatoms. The Labute approximate surface area is 93.4 Å². The van der Waals surface area contributed by atoms with Gasteiger partial charge >= 0.3 is 5.97 Å². The van der Waals surface area contributed by atoms with Gasteiger partial charge < -0.3 is 4.74 Å². The van der Waals surface area contributed by atoms with Gasteiger partial charge in [0.05, 0.1) is 18.3 Å². The van der Waals surface area contributed by atoms with Crippen molar-refractivity contribution < 1.29 is 17.9 Å². The van der Waals surface area contributed by atoms with Crippen LogP contribution in [0.4, 0.5) is 0 Å². The Hall–Kier alpha value is -0.290. The summed E-state index contributed by atoms with van der Waals surface area (Å²) in [6.07, 6.45) is 2.74. The zero-order valence-electron chi connectivity index (χ0n) is 8.35. The first-order valence-electron chi connectivity index (χ1n) is 4.98. The average molecular weight is 253 g/mol. The molecule has 0 radical (unpaired) electrons. The van der Waals surface area contributed by atoms with Crippen LogP contribution in [0.5, 0.6) is 0 Å². The lowest BCUT2D eigenvalue weighted by Gasteiger charge is -2.44. The van der Waals surface area contributed by atoms with Crippen LogP contribution < -0.4 is 0 Å². The van der Waals surface area contributed by atoms with Crippen LogP contribution in [0.25, 0.3) is 0 Å². The fourth-order valence-electron chi connectivity index (χ4n) is 3.06. The molecule has 0 unspecified atom stereocenters. The van der Waals surface area contributed by atoms with Crippen LogP contribution in [-0.4, -0.2) is 26.7 Å². The summed E-state index contributed by atoms with van der Waals surface area (Å²) in [5, 5.41) is -0.723. The van der Waals surface area contributed by atoms with Crippen LogP contribution in [0.1, 0.15) is 19.3 Å². The second-order valence-electron chi connectivity index (χ2n) is 4.25. The van der Waals surface area contributed by atoms with Crippen LogP contribution in [0, 0.1) is 17.8 Å². The SMILES string of the molecule is COC(=O)[C@@H]1[C@H]2CCC[C@H]2[C@H]1S(=O)(=O)Cl. The van der Waals surface area contributed by atoms with E-state index in [1.165, 1.54) is 7.11 Å². The quantitative estimate of drug-likeness (QED) is 0.546. The molecule has 0 aliphatic heterocycles. The van der Waals surface area contributed by atoms with Gasteiger partial charge in [0.2, 0.25) is 9.05 Å². The van der Waals surface area contributed by atoms with Crippen molar-refractivity contribution in [1.29, 1.82) is 0 Å². The first-order valence-corrected chi connectivity index (χ1v) is 7.35. The third-order valence-corrected chi connectivity index (χ3v) is 5.57. The summed E-state index contributed by atoms with van der Waals surface area (Å²) in [4.78, 5) is 11.4. The van der Waals surface area contributed by atoms with Crippen molar-refractivity contribution in [3.63, 3.8) is 0 Å². The van der Waals surface area contributed by atoms with E-state index in [2.05, 4.69) is 4.74 Å². The zero-order valence-corrected chi connectivity index (χ0v) is 9.92. The van der Waals surface area contributed by atoms with Crippen molar-refractivity contribution in [3.8, 4) is 0 Å². The molecule has 0 saturated heterocycles. The Bertz CT molecular complexity index is 378. The summed E-state index contributed by atoms with van der Waals surface area (Å²) < 4.78 is 27.3. The Kier molecular flexibility index (Phi) is 2.71. The zero-order chi connectivity index (χ0) is 11.2. The molecule has 0 N–H and O–H groups in total. The molecule has 2 fully saturated rings. The number of esters is 1. The van der Waals surface area contributed by atoms with Gasteiger partial charge in [0, 0.05) is 10.7 Å². The Morgan fingerprint density at radius 1 is 1.33 bits per heavy atom. The van der Waals surface area contributed by atoms with Crippen LogP contribution in [0.15, 0.2) is 0 Å². The molecule has 4 nitrogen and oxygen atoms in total. The maximum Gasteiger partial charge on any atom is 0.310 e. The molecule has 0 aromatic heterocycles. The number of halogens is 1. The van der Waals surface area contributed by atoms with Gasteiger partial charge in [-0.1, -0.05) is 6.42 Å². The number of ether oxygens (including phenoxy) is 1. The molecule has 2 aliphatic rings. The Morgan fingerprint density at radius 2 is 1.93 bits per heavy atom. The maximum atomic E-state index is 11.4. The lowest BCUT2D eigenvalue weighted by atomic mass is 9.66. The standard InChI is InChI=1S/C9H13ClO4S/c1-14-9(11)7-5-3-2-4-6(5)8(7)15(10,12)13/h5-8H,2-4H2,1H3/t5-,6+,7+,8+/m0/s1. The minimum atomic E-state index is -3.65. The molecule has 0 heterocycles. The molecule has 2 aliphatic carbocycles. The Morgan fingerprint density at radius 3 is 2.47 bits per heavy atom. The van der Waals surface area contributed by atoms with Gasteiger partial charge in [-0.2, -0.15) is 0 Å². The van der Waals surface area contributed by atoms with Gasteiger partial charge in [0.25, 0.3) is 0 Å². The van der Waals surface area contributed by atoms with E-state index in [1.54, 1.807) is 0 Å². The third kappa shape index (κ3) is 1.65. The van der Waals surface area contributed by atoms with Gasteiger partial charge in [0.15, 0.2) is 0 Å². The minimum absolute atomic E-state index is 0.0663. The van der Waals surface area contributed by atoms with E-state index in [9.17, 15) is 13.2 Å². The molecule has 0 aromatic carbocycles. The molecule has 0 amide bonds. The van der Waals surface area contributed by atoms with Crippen molar-refractivity contribution in [2.24, 2.45) is 17.8 Å². The minimum Gasteiger partial charge on any atom is -0.469 e. The van der Waals surface area contributed by atoms with Crippen molar-refractivity contribution in [2.45, 2.75) is 24.5 Å². The lowest BCUT2D eigenvalue weighted by molar-refractivity contribution is -0.153. The molecule has 0 spiro atoms. The van der Waals surface area contributed by atoms with E-state index < -0.39 is 26.2 Å². The highest BCUT2D eigenvalue weighted by Crippen LogP contribution is 2.55. The highest BCUT2D eigenvalue weighted by atomic mass is 35.7. The number of carbonyl (C=O) groups is 1. The van der Waals surface area contributed by atoms with E-state index in [0.29, 0.717) is 0 Å². The molecule has 86 valence electrons. The van der Waals surface area contributed by atoms with Gasteiger partial charge in [0.1, 0.15) is 0 Å². The van der Waals surface area contributed by atoms with Crippen molar-refractivity contribution in [1.82, 2.24) is 0 Å². The number of hydrogen-bond donors (Lipinski definition) is 0. The summed E-state index contributed by atoms with van der Waals surface area (Å²) in [6, 6.07) is 0. The molecule has 2 saturated carbocycles. The highest BCUT2D eigenvalue weighted by Gasteiger charge is 2.61. The molecule has 15 heavy (non-hydrogen) atoms. The van der Waals surface area contributed by atoms with E-state index in [0.717, 1.165) is 19.3 Å². The number of methoxy groups -OCH3 is 1. The molecular formula is C9H13ClO4S. The van der Waals surface area contributed by atoms with Crippen LogP contribution in [0.3, 0.4) is 0 Å². The maximum absolute atomic E-state index is 11.4. The molecule has 0 bridgehead atoms. The van der Waals surface area contributed by atoms with Crippen molar-refractivity contribution in [3.05, 3.63) is 0 Å². The van der Waals surface area contributed by atoms with E-state index >= 15 is 0 Å². The normalized spacial score (nSPS) is 39.3. The van der Waals surface area contributed by atoms with Crippen LogP contribution in [0.2, 0.25) is 0 Å². The van der Waals surface area contributed by atoms with Gasteiger partial charge in [-0.3, -0.25) is 4.79 Å². The van der Waals surface area contributed by atoms with Crippen LogP contribution >= 0.6 is 10.7 Å². The predicted octanol–water partition coefficient (Wildman–Crippen LogP) is 1.14. The molecule has 4 atom stereocenters. The summed E-state index contributed by atoms with van der Waals surface area (Å²) in [5.74, 6) is -0.745. The second kappa shape index (κ2) is 3.63. The predicted molar refractivity (Wildman–Crippen MR) is 54.9 cm³/mol. The highest BCUT2D eigenvalue weighted by molar-refractivity contribution is 8.14.